The van der Waals surface area contributed by atoms with E-state index in [2.05, 4.69) is 20.8 Å². The molecule has 0 saturated carbocycles. The fourth-order valence-corrected chi connectivity index (χ4v) is 1.00. The van der Waals surface area contributed by atoms with E-state index in [1.807, 2.05) is 36.4 Å². The van der Waals surface area contributed by atoms with E-state index >= 15 is 0 Å². The zero-order chi connectivity index (χ0) is 9.64. The van der Waals surface area contributed by atoms with Crippen LogP contribution in [0.5, 0.6) is 0 Å². The molecule has 70 valence electrons. The number of pyridine rings is 2. The van der Waals surface area contributed by atoms with E-state index in [-0.39, 0.29) is 0 Å². The monoisotopic (exact) mass is 186 g/mol. The molecule has 0 atom stereocenters. The van der Waals surface area contributed by atoms with Crippen molar-refractivity contribution in [2.24, 2.45) is 0 Å². The molecule has 0 aliphatic rings. The SMILES string of the molecule is c1ccc(NNc2ccccn2)nc1. The average molecular weight is 186 g/mol. The molecule has 2 rings (SSSR count). The maximum atomic E-state index is 4.09. The number of hydrazine groups is 1. The van der Waals surface area contributed by atoms with Crippen molar-refractivity contribution in [2.75, 3.05) is 10.9 Å². The summed E-state index contributed by atoms with van der Waals surface area (Å²) in [5, 5.41) is 0. The number of aromatic nitrogens is 2. The molecule has 0 aromatic carbocycles. The van der Waals surface area contributed by atoms with E-state index in [1.54, 1.807) is 12.4 Å². The smallest absolute Gasteiger partial charge is 0.144 e. The van der Waals surface area contributed by atoms with Gasteiger partial charge in [-0.3, -0.25) is 10.9 Å². The molecule has 0 amide bonds. The van der Waals surface area contributed by atoms with Crippen molar-refractivity contribution in [3.63, 3.8) is 0 Å². The molecule has 0 aliphatic carbocycles. The quantitative estimate of drug-likeness (QED) is 0.719. The summed E-state index contributed by atoms with van der Waals surface area (Å²) >= 11 is 0. The van der Waals surface area contributed by atoms with Crippen LogP contribution in [0.15, 0.2) is 48.8 Å². The average Bonchev–Trinajstić information content (AvgIpc) is 2.29. The Morgan fingerprint density at radius 2 is 1.21 bits per heavy atom. The number of nitrogens with one attached hydrogen (secondary N) is 2. The zero-order valence-electron chi connectivity index (χ0n) is 7.51. The summed E-state index contributed by atoms with van der Waals surface area (Å²) in [5.74, 6) is 1.52. The summed E-state index contributed by atoms with van der Waals surface area (Å²) in [6, 6.07) is 11.3. The van der Waals surface area contributed by atoms with Crippen molar-refractivity contribution in [3.05, 3.63) is 48.8 Å². The van der Waals surface area contributed by atoms with Crippen molar-refractivity contribution < 1.29 is 0 Å². The second-order valence-corrected chi connectivity index (χ2v) is 2.68. The largest absolute Gasteiger partial charge is 0.283 e. The molecular weight excluding hydrogens is 176 g/mol. The number of hydrogen-bond donors (Lipinski definition) is 2. The van der Waals surface area contributed by atoms with E-state index in [0.29, 0.717) is 0 Å². The molecule has 2 N–H and O–H groups in total. The Kier molecular flexibility index (Phi) is 2.56. The van der Waals surface area contributed by atoms with Gasteiger partial charge in [0.1, 0.15) is 11.6 Å². The molecular formula is C10H10N4. The van der Waals surface area contributed by atoms with Gasteiger partial charge >= 0.3 is 0 Å². The van der Waals surface area contributed by atoms with E-state index in [0.717, 1.165) is 11.6 Å². The van der Waals surface area contributed by atoms with E-state index < -0.39 is 0 Å². The maximum absolute atomic E-state index is 4.09. The van der Waals surface area contributed by atoms with Gasteiger partial charge in [0.2, 0.25) is 0 Å². The van der Waals surface area contributed by atoms with Crippen molar-refractivity contribution in [2.45, 2.75) is 0 Å². The molecule has 0 aliphatic heterocycles. The predicted molar refractivity (Wildman–Crippen MR) is 55.7 cm³/mol. The molecule has 0 fully saturated rings. The normalized spacial score (nSPS) is 9.43. The number of nitrogens with zero attached hydrogens (tertiary/aromatic N) is 2. The lowest BCUT2D eigenvalue weighted by atomic mass is 10.5. The Morgan fingerprint density at radius 1 is 0.714 bits per heavy atom. The van der Waals surface area contributed by atoms with Crippen molar-refractivity contribution in [1.82, 2.24) is 9.97 Å². The highest BCUT2D eigenvalue weighted by molar-refractivity contribution is 5.43. The van der Waals surface area contributed by atoms with E-state index in [1.165, 1.54) is 0 Å². The topological polar surface area (TPSA) is 49.8 Å². The minimum Gasteiger partial charge on any atom is -0.283 e. The van der Waals surface area contributed by atoms with Gasteiger partial charge in [0.25, 0.3) is 0 Å². The first kappa shape index (κ1) is 8.50. The minimum atomic E-state index is 0.762. The Hall–Kier alpha value is -2.10. The number of hydrogen-bond acceptors (Lipinski definition) is 4. The third kappa shape index (κ3) is 2.20. The van der Waals surface area contributed by atoms with Crippen LogP contribution in [0.4, 0.5) is 11.6 Å². The highest BCUT2D eigenvalue weighted by Gasteiger charge is 1.91. The van der Waals surface area contributed by atoms with Crippen LogP contribution in [0, 0.1) is 0 Å². The third-order valence-corrected chi connectivity index (χ3v) is 1.65. The minimum absolute atomic E-state index is 0.762. The second kappa shape index (κ2) is 4.23. The Morgan fingerprint density at radius 3 is 1.57 bits per heavy atom. The fourth-order valence-electron chi connectivity index (χ4n) is 1.00. The van der Waals surface area contributed by atoms with Crippen molar-refractivity contribution in [1.29, 1.82) is 0 Å². The van der Waals surface area contributed by atoms with Gasteiger partial charge in [-0.15, -0.1) is 0 Å². The fraction of sp³-hybridized carbons (Fsp3) is 0. The Bertz CT molecular complexity index is 334. The Balaban J connectivity index is 1.96. The molecule has 4 heteroatoms. The van der Waals surface area contributed by atoms with Crippen LogP contribution in [-0.2, 0) is 0 Å². The lowest BCUT2D eigenvalue weighted by molar-refractivity contribution is 1.22. The Labute approximate surface area is 82.0 Å². The van der Waals surface area contributed by atoms with E-state index in [4.69, 9.17) is 0 Å². The van der Waals surface area contributed by atoms with Gasteiger partial charge < -0.3 is 0 Å². The van der Waals surface area contributed by atoms with Crippen LogP contribution in [-0.4, -0.2) is 9.97 Å². The second-order valence-electron chi connectivity index (χ2n) is 2.68. The highest BCUT2D eigenvalue weighted by Crippen LogP contribution is 2.02. The van der Waals surface area contributed by atoms with Gasteiger partial charge in [0, 0.05) is 12.4 Å². The molecule has 4 nitrogen and oxygen atoms in total. The van der Waals surface area contributed by atoms with Gasteiger partial charge in [-0.2, -0.15) is 0 Å². The molecule has 2 aromatic heterocycles. The number of anilines is 2. The number of rotatable bonds is 3. The molecule has 2 aromatic rings. The van der Waals surface area contributed by atoms with Gasteiger partial charge in [-0.25, -0.2) is 9.97 Å². The summed E-state index contributed by atoms with van der Waals surface area (Å²) in [4.78, 5) is 8.18. The summed E-state index contributed by atoms with van der Waals surface area (Å²) < 4.78 is 0. The summed E-state index contributed by atoms with van der Waals surface area (Å²) in [6.45, 7) is 0. The van der Waals surface area contributed by atoms with Gasteiger partial charge in [0.15, 0.2) is 0 Å². The van der Waals surface area contributed by atoms with Crippen LogP contribution < -0.4 is 10.9 Å². The summed E-state index contributed by atoms with van der Waals surface area (Å²) in [6.07, 6.45) is 3.45. The van der Waals surface area contributed by atoms with Crippen LogP contribution in [0.25, 0.3) is 0 Å². The summed E-state index contributed by atoms with van der Waals surface area (Å²) in [5.41, 5.74) is 5.87. The highest BCUT2D eigenvalue weighted by atomic mass is 15.4. The summed E-state index contributed by atoms with van der Waals surface area (Å²) in [7, 11) is 0. The van der Waals surface area contributed by atoms with Crippen molar-refractivity contribution in [3.8, 4) is 0 Å². The first-order valence-electron chi connectivity index (χ1n) is 4.29. The molecule has 0 saturated heterocycles. The molecule has 0 radical (unpaired) electrons. The maximum Gasteiger partial charge on any atom is 0.144 e. The van der Waals surface area contributed by atoms with Gasteiger partial charge in [-0.05, 0) is 24.3 Å². The van der Waals surface area contributed by atoms with Crippen LogP contribution in [0.1, 0.15) is 0 Å². The van der Waals surface area contributed by atoms with E-state index in [9.17, 15) is 0 Å². The first-order chi connectivity index (χ1) is 6.95. The first-order valence-corrected chi connectivity index (χ1v) is 4.29. The zero-order valence-corrected chi connectivity index (χ0v) is 7.51. The van der Waals surface area contributed by atoms with Gasteiger partial charge in [-0.1, -0.05) is 12.1 Å². The third-order valence-electron chi connectivity index (χ3n) is 1.65. The lowest BCUT2D eigenvalue weighted by Gasteiger charge is -2.06. The molecule has 2 heterocycles. The molecule has 0 unspecified atom stereocenters. The molecule has 0 spiro atoms. The van der Waals surface area contributed by atoms with Crippen LogP contribution in [0.2, 0.25) is 0 Å². The standard InChI is InChI=1S/C10H10N4/c1-3-7-11-9(5-1)13-14-10-6-2-4-8-12-10/h1-8H,(H,11,13)(H,12,14). The molecule has 14 heavy (non-hydrogen) atoms. The van der Waals surface area contributed by atoms with Crippen molar-refractivity contribution >= 4 is 11.6 Å². The van der Waals surface area contributed by atoms with Crippen LogP contribution >= 0.6 is 0 Å². The molecule has 0 bridgehead atoms. The van der Waals surface area contributed by atoms with Gasteiger partial charge in [0.05, 0.1) is 0 Å². The lowest BCUT2D eigenvalue weighted by Crippen LogP contribution is -2.10. The van der Waals surface area contributed by atoms with Crippen LogP contribution in [0.3, 0.4) is 0 Å². The predicted octanol–water partition coefficient (Wildman–Crippen LogP) is 1.92.